The van der Waals surface area contributed by atoms with Crippen LogP contribution in [0.4, 0.5) is 0 Å². The number of hydrogen-bond acceptors (Lipinski definition) is 1. The van der Waals surface area contributed by atoms with Crippen molar-refractivity contribution in [2.45, 2.75) is 5.02 Å². The van der Waals surface area contributed by atoms with Gasteiger partial charge in [0.2, 0.25) is 5.02 Å². The molecule has 0 heterocycles. The maximum absolute atomic E-state index is 5.20. The molecule has 0 fully saturated rings. The molecule has 0 rings (SSSR count). The van der Waals surface area contributed by atoms with Gasteiger partial charge in [0.05, 0.1) is 6.26 Å². The van der Waals surface area contributed by atoms with Crippen LogP contribution in [0.1, 0.15) is 0 Å². The van der Waals surface area contributed by atoms with E-state index in [9.17, 15) is 0 Å². The van der Waals surface area contributed by atoms with E-state index >= 15 is 0 Å². The smallest absolute Gasteiger partial charge is 0.246 e. The summed E-state index contributed by atoms with van der Waals surface area (Å²) in [5.41, 5.74) is 0. The third kappa shape index (κ3) is 6.85. The summed E-state index contributed by atoms with van der Waals surface area (Å²) in [5.74, 6) is 0. The summed E-state index contributed by atoms with van der Waals surface area (Å²) < 4.78 is 5.53. The monoisotopic (exact) mass is 266 g/mol. The highest BCUT2D eigenvalue weighted by Crippen LogP contribution is 2.02. The van der Waals surface area contributed by atoms with Gasteiger partial charge in [-0.2, -0.15) is 0 Å². The Morgan fingerprint density at radius 1 is 1.62 bits per heavy atom. The van der Waals surface area contributed by atoms with E-state index in [2.05, 4.69) is 27.3 Å². The minimum absolute atomic E-state index is 0.741. The van der Waals surface area contributed by atoms with Crippen molar-refractivity contribution in [1.29, 1.82) is 0 Å². The molecule has 0 N–H and O–H groups in total. The van der Waals surface area contributed by atoms with Crippen LogP contribution in [0.15, 0.2) is 12.3 Å². The number of halogens is 3. The van der Waals surface area contributed by atoms with Gasteiger partial charge >= 0.3 is 0 Å². The summed E-state index contributed by atoms with van der Waals surface area (Å²) >= 11 is 12.6. The molecule has 0 atom stereocenters. The van der Waals surface area contributed by atoms with Crippen LogP contribution in [0.25, 0.3) is 0 Å². The zero-order valence-electron chi connectivity index (χ0n) is 3.98. The van der Waals surface area contributed by atoms with Crippen molar-refractivity contribution >= 4 is 45.8 Å². The van der Waals surface area contributed by atoms with Gasteiger partial charge in [-0.1, -0.05) is 45.8 Å². The maximum atomic E-state index is 5.20. The summed E-state index contributed by atoms with van der Waals surface area (Å²) in [6.07, 6.45) is 3.30. The van der Waals surface area contributed by atoms with E-state index in [1.165, 1.54) is 6.26 Å². The Balaban J connectivity index is 3.03. The van der Waals surface area contributed by atoms with Gasteiger partial charge in [0.1, 0.15) is 0 Å². The number of alkyl halides is 3. The van der Waals surface area contributed by atoms with Crippen molar-refractivity contribution in [3.05, 3.63) is 12.3 Å². The topological polar surface area (TPSA) is 9.23 Å². The first kappa shape index (κ1) is 8.85. The lowest BCUT2D eigenvalue weighted by atomic mass is 10.7. The number of ether oxygens (including phenoxy) is 1. The minimum atomic E-state index is -0.741. The van der Waals surface area contributed by atoms with Crippen molar-refractivity contribution in [3.8, 4) is 0 Å². The molecule has 0 unspecified atom stereocenters. The third-order valence-corrected chi connectivity index (χ3v) is 1.08. The Morgan fingerprint density at radius 2 is 2.25 bits per heavy atom. The molecule has 0 saturated carbocycles. The lowest BCUT2D eigenvalue weighted by Gasteiger charge is -1.95. The largest absolute Gasteiger partial charge is 0.469 e. The van der Waals surface area contributed by atoms with Crippen LogP contribution in [0.3, 0.4) is 0 Å². The second-order valence-electron chi connectivity index (χ2n) is 0.923. The van der Waals surface area contributed by atoms with Crippen molar-refractivity contribution in [2.75, 3.05) is 4.43 Å². The Hall–Kier alpha value is 0.850. The van der Waals surface area contributed by atoms with Crippen molar-refractivity contribution in [2.24, 2.45) is 0 Å². The molecule has 0 saturated heterocycles. The highest BCUT2D eigenvalue weighted by atomic mass is 127. The zero-order valence-corrected chi connectivity index (χ0v) is 7.65. The van der Waals surface area contributed by atoms with E-state index in [4.69, 9.17) is 23.2 Å². The molecule has 0 bridgehead atoms. The van der Waals surface area contributed by atoms with Crippen LogP contribution in [0.2, 0.25) is 0 Å². The molecular weight excluding hydrogens is 262 g/mol. The van der Waals surface area contributed by atoms with Crippen LogP contribution in [-0.4, -0.2) is 9.45 Å². The van der Waals surface area contributed by atoms with Gasteiger partial charge in [0.25, 0.3) is 0 Å². The SMILES string of the molecule is ClC(Cl)OC=CCI. The lowest BCUT2D eigenvalue weighted by molar-refractivity contribution is 0.280. The first-order chi connectivity index (χ1) is 3.77. The molecule has 0 spiro atoms. The molecule has 0 radical (unpaired) electrons. The van der Waals surface area contributed by atoms with Crippen LogP contribution in [0.5, 0.6) is 0 Å². The Kier molecular flexibility index (Phi) is 6.61. The summed E-state index contributed by atoms with van der Waals surface area (Å²) in [5, 5.41) is -0.741. The van der Waals surface area contributed by atoms with E-state index < -0.39 is 5.02 Å². The van der Waals surface area contributed by atoms with Crippen LogP contribution in [-0.2, 0) is 4.74 Å². The fraction of sp³-hybridized carbons (Fsp3) is 0.500. The summed E-state index contributed by atoms with van der Waals surface area (Å²) in [7, 11) is 0. The normalized spacial score (nSPS) is 11.0. The van der Waals surface area contributed by atoms with Gasteiger partial charge in [0.15, 0.2) is 0 Å². The Labute approximate surface area is 72.1 Å². The highest BCUT2D eigenvalue weighted by Gasteiger charge is 1.89. The van der Waals surface area contributed by atoms with E-state index in [0.717, 1.165) is 4.43 Å². The quantitative estimate of drug-likeness (QED) is 0.434. The average molecular weight is 267 g/mol. The van der Waals surface area contributed by atoms with E-state index in [-0.39, 0.29) is 0 Å². The molecule has 0 aromatic rings. The summed E-state index contributed by atoms with van der Waals surface area (Å²) in [6.45, 7) is 0. The van der Waals surface area contributed by atoms with Gasteiger partial charge in [0, 0.05) is 4.43 Å². The standard InChI is InChI=1S/C4H5Cl2IO/c5-4(6)8-3-1-2-7/h1,3-4H,2H2. The van der Waals surface area contributed by atoms with Crippen LogP contribution >= 0.6 is 45.8 Å². The summed E-state index contributed by atoms with van der Waals surface area (Å²) in [4.78, 5) is 0. The van der Waals surface area contributed by atoms with Crippen molar-refractivity contribution in [1.82, 2.24) is 0 Å². The number of allylic oxidation sites excluding steroid dienone is 1. The average Bonchev–Trinajstić information content (AvgIpc) is 1.66. The molecule has 0 aromatic heterocycles. The molecule has 8 heavy (non-hydrogen) atoms. The maximum Gasteiger partial charge on any atom is 0.246 e. The van der Waals surface area contributed by atoms with Gasteiger partial charge in [-0.05, 0) is 6.08 Å². The molecule has 0 aliphatic carbocycles. The summed E-state index contributed by atoms with van der Waals surface area (Å²) in [6, 6.07) is 0. The minimum Gasteiger partial charge on any atom is -0.469 e. The molecule has 0 aliphatic heterocycles. The lowest BCUT2D eigenvalue weighted by Crippen LogP contribution is -1.85. The molecule has 48 valence electrons. The highest BCUT2D eigenvalue weighted by molar-refractivity contribution is 14.1. The molecule has 1 nitrogen and oxygen atoms in total. The second kappa shape index (κ2) is 5.98. The van der Waals surface area contributed by atoms with Crippen LogP contribution in [0, 0.1) is 0 Å². The van der Waals surface area contributed by atoms with E-state index in [1.54, 1.807) is 0 Å². The van der Waals surface area contributed by atoms with Gasteiger partial charge in [-0.15, -0.1) is 0 Å². The predicted octanol–water partition coefficient (Wildman–Crippen LogP) is 2.71. The van der Waals surface area contributed by atoms with Crippen LogP contribution < -0.4 is 0 Å². The first-order valence-corrected chi connectivity index (χ1v) is 4.32. The molecule has 0 aliphatic rings. The zero-order chi connectivity index (χ0) is 6.41. The van der Waals surface area contributed by atoms with E-state index in [1.807, 2.05) is 6.08 Å². The first-order valence-electron chi connectivity index (χ1n) is 1.92. The predicted molar refractivity (Wildman–Crippen MR) is 44.6 cm³/mol. The molecular formula is C4H5Cl2IO. The fourth-order valence-electron chi connectivity index (χ4n) is 0.151. The van der Waals surface area contributed by atoms with Gasteiger partial charge < -0.3 is 4.74 Å². The van der Waals surface area contributed by atoms with E-state index in [0.29, 0.717) is 0 Å². The second-order valence-corrected chi connectivity index (χ2v) is 2.82. The number of hydrogen-bond donors (Lipinski definition) is 0. The van der Waals surface area contributed by atoms with Crippen molar-refractivity contribution < 1.29 is 4.74 Å². The third-order valence-electron chi connectivity index (χ3n) is 0.367. The molecule has 0 aromatic carbocycles. The molecule has 0 amide bonds. The van der Waals surface area contributed by atoms with Crippen molar-refractivity contribution in [3.63, 3.8) is 0 Å². The fourth-order valence-corrected chi connectivity index (χ4v) is 0.478. The van der Waals surface area contributed by atoms with Gasteiger partial charge in [-0.25, -0.2) is 0 Å². The van der Waals surface area contributed by atoms with Gasteiger partial charge in [-0.3, -0.25) is 0 Å². The Morgan fingerprint density at radius 3 is 2.62 bits per heavy atom. The molecule has 4 heteroatoms. The number of rotatable bonds is 3. The Bertz CT molecular complexity index is 74.4.